The number of nitrogens with one attached hydrogen (secondary N) is 2. The van der Waals surface area contributed by atoms with Gasteiger partial charge in [0.15, 0.2) is 0 Å². The van der Waals surface area contributed by atoms with Gasteiger partial charge in [-0.3, -0.25) is 14.3 Å². The van der Waals surface area contributed by atoms with E-state index in [9.17, 15) is 9.59 Å². The SMILES string of the molecule is Cn1ncc(NC(=O)c2ccc(COc3ccc(Cl)cc3Cl)cc2)c1C(=O)NCc1ccco1. The van der Waals surface area contributed by atoms with Crippen molar-refractivity contribution in [3.8, 4) is 5.75 Å². The van der Waals surface area contributed by atoms with E-state index in [0.717, 1.165) is 5.56 Å². The van der Waals surface area contributed by atoms with Crippen molar-refractivity contribution < 1.29 is 18.7 Å². The number of aromatic nitrogens is 2. The van der Waals surface area contributed by atoms with Crippen LogP contribution in [0.15, 0.2) is 71.5 Å². The fourth-order valence-corrected chi connectivity index (χ4v) is 3.63. The Bertz CT molecular complexity index is 1300. The molecule has 0 aliphatic rings. The van der Waals surface area contributed by atoms with Gasteiger partial charge in [0.25, 0.3) is 11.8 Å². The van der Waals surface area contributed by atoms with Gasteiger partial charge in [-0.15, -0.1) is 0 Å². The van der Waals surface area contributed by atoms with Crippen molar-refractivity contribution in [2.75, 3.05) is 5.32 Å². The molecule has 2 N–H and O–H groups in total. The van der Waals surface area contributed by atoms with E-state index in [0.29, 0.717) is 32.8 Å². The number of nitrogens with zero attached hydrogens (tertiary/aromatic N) is 2. The number of hydrogen-bond acceptors (Lipinski definition) is 5. The maximum Gasteiger partial charge on any atom is 0.272 e. The number of rotatable bonds is 8. The molecule has 34 heavy (non-hydrogen) atoms. The standard InChI is InChI=1S/C24H20Cl2N4O4/c1-30-22(24(32)27-12-18-3-2-10-33-18)20(13-28-30)29-23(31)16-6-4-15(5-7-16)14-34-21-9-8-17(25)11-19(21)26/h2-11,13H,12,14H2,1H3,(H,27,32)(H,29,31). The Morgan fingerprint density at radius 3 is 2.59 bits per heavy atom. The second kappa shape index (κ2) is 10.5. The Hall–Kier alpha value is -3.75. The van der Waals surface area contributed by atoms with Crippen molar-refractivity contribution in [3.63, 3.8) is 0 Å². The van der Waals surface area contributed by atoms with Crippen molar-refractivity contribution in [2.24, 2.45) is 7.05 Å². The van der Waals surface area contributed by atoms with Gasteiger partial charge in [-0.1, -0.05) is 35.3 Å². The topological polar surface area (TPSA) is 98.4 Å². The number of carbonyl (C=O) groups is 2. The third-order valence-electron chi connectivity index (χ3n) is 4.91. The Balaban J connectivity index is 1.37. The lowest BCUT2D eigenvalue weighted by molar-refractivity contribution is 0.0939. The van der Waals surface area contributed by atoms with Crippen molar-refractivity contribution >= 4 is 40.7 Å². The number of furan rings is 1. The van der Waals surface area contributed by atoms with Gasteiger partial charge in [0.05, 0.1) is 29.7 Å². The van der Waals surface area contributed by atoms with Crippen LogP contribution in [0.2, 0.25) is 10.0 Å². The van der Waals surface area contributed by atoms with E-state index < -0.39 is 0 Å². The van der Waals surface area contributed by atoms with Gasteiger partial charge in [-0.2, -0.15) is 5.10 Å². The summed E-state index contributed by atoms with van der Waals surface area (Å²) >= 11 is 12.0. The lowest BCUT2D eigenvalue weighted by Gasteiger charge is -2.10. The summed E-state index contributed by atoms with van der Waals surface area (Å²) in [5.41, 5.74) is 1.79. The summed E-state index contributed by atoms with van der Waals surface area (Å²) in [4.78, 5) is 25.4. The van der Waals surface area contributed by atoms with Crippen LogP contribution < -0.4 is 15.4 Å². The van der Waals surface area contributed by atoms with Gasteiger partial charge in [-0.05, 0) is 48.0 Å². The second-order valence-electron chi connectivity index (χ2n) is 7.31. The fraction of sp³-hybridized carbons (Fsp3) is 0.125. The zero-order valence-corrected chi connectivity index (χ0v) is 19.6. The van der Waals surface area contributed by atoms with E-state index in [1.54, 1.807) is 61.6 Å². The van der Waals surface area contributed by atoms with E-state index in [4.69, 9.17) is 32.4 Å². The Morgan fingerprint density at radius 2 is 1.88 bits per heavy atom. The number of carbonyl (C=O) groups excluding carboxylic acids is 2. The third kappa shape index (κ3) is 5.59. The molecule has 10 heteroatoms. The first kappa shape index (κ1) is 23.4. The van der Waals surface area contributed by atoms with Crippen LogP contribution in [0, 0.1) is 0 Å². The summed E-state index contributed by atoms with van der Waals surface area (Å²) in [5, 5.41) is 10.5. The number of hydrogen-bond donors (Lipinski definition) is 2. The minimum Gasteiger partial charge on any atom is -0.487 e. The molecular formula is C24H20Cl2N4O4. The summed E-state index contributed by atoms with van der Waals surface area (Å²) in [6.45, 7) is 0.487. The molecule has 0 unspecified atom stereocenters. The number of anilines is 1. The van der Waals surface area contributed by atoms with Crippen molar-refractivity contribution in [3.05, 3.63) is 99.7 Å². The quantitative estimate of drug-likeness (QED) is 0.352. The van der Waals surface area contributed by atoms with Gasteiger partial charge < -0.3 is 19.8 Å². The van der Waals surface area contributed by atoms with E-state index in [1.807, 2.05) is 0 Å². The van der Waals surface area contributed by atoms with Gasteiger partial charge in [0.2, 0.25) is 0 Å². The predicted octanol–water partition coefficient (Wildman–Crippen LogP) is 5.08. The normalized spacial score (nSPS) is 10.7. The van der Waals surface area contributed by atoms with Gasteiger partial charge in [0.1, 0.15) is 23.8 Å². The van der Waals surface area contributed by atoms with E-state index in [2.05, 4.69) is 15.7 Å². The molecule has 0 spiro atoms. The summed E-state index contributed by atoms with van der Waals surface area (Å²) in [7, 11) is 1.62. The molecule has 4 aromatic rings. The van der Waals surface area contributed by atoms with E-state index >= 15 is 0 Å². The predicted molar refractivity (Wildman–Crippen MR) is 128 cm³/mol. The molecule has 4 rings (SSSR count). The number of ether oxygens (including phenoxy) is 1. The summed E-state index contributed by atoms with van der Waals surface area (Å²) in [6, 6.07) is 15.4. The highest BCUT2D eigenvalue weighted by molar-refractivity contribution is 6.35. The zero-order chi connectivity index (χ0) is 24.1. The molecule has 2 aromatic heterocycles. The molecule has 0 aliphatic carbocycles. The van der Waals surface area contributed by atoms with Crippen LogP contribution in [-0.4, -0.2) is 21.6 Å². The lowest BCUT2D eigenvalue weighted by atomic mass is 10.1. The summed E-state index contributed by atoms with van der Waals surface area (Å²) < 4.78 is 12.3. The molecule has 174 valence electrons. The van der Waals surface area contributed by atoms with Crippen LogP contribution in [0.25, 0.3) is 0 Å². The maximum atomic E-state index is 12.8. The van der Waals surface area contributed by atoms with Crippen LogP contribution in [0.3, 0.4) is 0 Å². The Morgan fingerprint density at radius 1 is 1.09 bits per heavy atom. The molecule has 0 fully saturated rings. The highest BCUT2D eigenvalue weighted by Crippen LogP contribution is 2.28. The molecule has 0 aliphatic heterocycles. The van der Waals surface area contributed by atoms with Gasteiger partial charge >= 0.3 is 0 Å². The third-order valence-corrected chi connectivity index (χ3v) is 5.44. The Kier molecular flexibility index (Phi) is 7.20. The number of benzene rings is 2. The minimum atomic E-state index is -0.389. The van der Waals surface area contributed by atoms with Crippen molar-refractivity contribution in [1.29, 1.82) is 0 Å². The second-order valence-corrected chi connectivity index (χ2v) is 8.15. The molecule has 0 saturated carbocycles. The molecule has 0 atom stereocenters. The van der Waals surface area contributed by atoms with Gasteiger partial charge in [0, 0.05) is 17.6 Å². The van der Waals surface area contributed by atoms with Crippen molar-refractivity contribution in [2.45, 2.75) is 13.2 Å². The van der Waals surface area contributed by atoms with E-state index in [-0.39, 0.29) is 30.7 Å². The molecule has 2 aromatic carbocycles. The summed E-state index contributed by atoms with van der Waals surface area (Å²) in [6.07, 6.45) is 2.96. The van der Waals surface area contributed by atoms with Crippen LogP contribution in [0.4, 0.5) is 5.69 Å². The average molecular weight is 499 g/mol. The molecular weight excluding hydrogens is 479 g/mol. The fourth-order valence-electron chi connectivity index (χ4n) is 3.16. The van der Waals surface area contributed by atoms with Crippen LogP contribution in [0.1, 0.15) is 32.2 Å². The first-order chi connectivity index (χ1) is 16.4. The van der Waals surface area contributed by atoms with E-state index in [1.165, 1.54) is 17.1 Å². The van der Waals surface area contributed by atoms with Gasteiger partial charge in [-0.25, -0.2) is 0 Å². The zero-order valence-electron chi connectivity index (χ0n) is 18.0. The monoisotopic (exact) mass is 498 g/mol. The largest absolute Gasteiger partial charge is 0.487 e. The molecule has 2 heterocycles. The number of halogens is 2. The molecule has 0 radical (unpaired) electrons. The molecule has 0 bridgehead atoms. The molecule has 2 amide bonds. The highest BCUT2D eigenvalue weighted by Gasteiger charge is 2.19. The van der Waals surface area contributed by atoms with Crippen LogP contribution in [0.5, 0.6) is 5.75 Å². The lowest BCUT2D eigenvalue weighted by Crippen LogP contribution is -2.26. The first-order valence-electron chi connectivity index (χ1n) is 10.2. The highest BCUT2D eigenvalue weighted by atomic mass is 35.5. The smallest absolute Gasteiger partial charge is 0.272 e. The first-order valence-corrected chi connectivity index (χ1v) is 11.0. The summed E-state index contributed by atoms with van der Waals surface area (Å²) in [5.74, 6) is 0.368. The average Bonchev–Trinajstić information content (AvgIpc) is 3.47. The van der Waals surface area contributed by atoms with Crippen LogP contribution >= 0.6 is 23.2 Å². The van der Waals surface area contributed by atoms with Crippen molar-refractivity contribution in [1.82, 2.24) is 15.1 Å². The molecule has 0 saturated heterocycles. The minimum absolute atomic E-state index is 0.217. The Labute approximate surface area is 205 Å². The maximum absolute atomic E-state index is 12.8. The number of aryl methyl sites for hydroxylation is 1. The number of amides is 2. The van der Waals surface area contributed by atoms with Crippen LogP contribution in [-0.2, 0) is 20.2 Å². The molecule has 8 nitrogen and oxygen atoms in total.